The Kier molecular flexibility index (Phi) is 6.13. The van der Waals surface area contributed by atoms with E-state index in [0.717, 1.165) is 23.0 Å². The van der Waals surface area contributed by atoms with Gasteiger partial charge in [-0.3, -0.25) is 19.5 Å². The number of pyridine rings is 1. The minimum atomic E-state index is -0.649. The van der Waals surface area contributed by atoms with E-state index in [4.69, 9.17) is 0 Å². The van der Waals surface area contributed by atoms with Crippen LogP contribution in [0.5, 0.6) is 0 Å². The molecule has 0 atom stereocenters. The van der Waals surface area contributed by atoms with Crippen LogP contribution < -0.4 is 10.7 Å². The van der Waals surface area contributed by atoms with E-state index in [1.165, 1.54) is 19.5 Å². The summed E-state index contributed by atoms with van der Waals surface area (Å²) in [6.45, 7) is -0.303. The van der Waals surface area contributed by atoms with Gasteiger partial charge in [-0.25, -0.2) is 9.50 Å². The van der Waals surface area contributed by atoms with Crippen LogP contribution >= 0.6 is 22.6 Å². The zero-order valence-corrected chi connectivity index (χ0v) is 14.8. The molecular formula is C14H17IN4O4. The van der Waals surface area contributed by atoms with Gasteiger partial charge in [0.2, 0.25) is 0 Å². The number of nitrogens with one attached hydrogen (secondary N) is 2. The van der Waals surface area contributed by atoms with E-state index < -0.39 is 17.3 Å². The van der Waals surface area contributed by atoms with Crippen molar-refractivity contribution in [1.82, 2.24) is 19.9 Å². The normalized spacial score (nSPS) is 10.7. The van der Waals surface area contributed by atoms with Crippen molar-refractivity contribution in [3.05, 3.63) is 33.9 Å². The Morgan fingerprint density at radius 2 is 2.22 bits per heavy atom. The molecule has 0 aromatic carbocycles. The van der Waals surface area contributed by atoms with Crippen LogP contribution in [0.4, 0.5) is 0 Å². The maximum atomic E-state index is 12.3. The third kappa shape index (κ3) is 4.09. The van der Waals surface area contributed by atoms with Gasteiger partial charge in [-0.15, -0.1) is 0 Å². The van der Waals surface area contributed by atoms with Crippen molar-refractivity contribution in [2.45, 2.75) is 19.3 Å². The van der Waals surface area contributed by atoms with E-state index in [1.807, 2.05) is 0 Å². The number of methoxy groups -OCH3 is 1. The lowest BCUT2D eigenvalue weighted by atomic mass is 10.1. The fourth-order valence-electron chi connectivity index (χ4n) is 2.17. The zero-order chi connectivity index (χ0) is 16.8. The quantitative estimate of drug-likeness (QED) is 0.290. The van der Waals surface area contributed by atoms with Crippen LogP contribution in [0.25, 0.3) is 5.65 Å². The third-order valence-electron chi connectivity index (χ3n) is 3.30. The van der Waals surface area contributed by atoms with E-state index >= 15 is 0 Å². The second-order valence-electron chi connectivity index (χ2n) is 4.83. The van der Waals surface area contributed by atoms with Gasteiger partial charge in [-0.05, 0) is 23.7 Å². The molecule has 1 amide bonds. The predicted octanol–water partition coefficient (Wildman–Crippen LogP) is 0.683. The van der Waals surface area contributed by atoms with Gasteiger partial charge in [-0.2, -0.15) is 0 Å². The summed E-state index contributed by atoms with van der Waals surface area (Å²) >= 11 is 2.31. The first-order valence-electron chi connectivity index (χ1n) is 7.07. The van der Waals surface area contributed by atoms with E-state index in [1.54, 1.807) is 4.52 Å². The number of aromatic amines is 1. The number of nitrogens with zero attached hydrogens (tertiary/aromatic N) is 2. The van der Waals surface area contributed by atoms with Crippen LogP contribution in [0.2, 0.25) is 0 Å². The monoisotopic (exact) mass is 432 g/mol. The molecule has 0 saturated heterocycles. The number of amides is 1. The SMILES string of the molecule is COC(=O)CNC(=O)c1c(=O)cc(CCCCI)n2[nH]cnc12. The molecule has 2 aromatic heterocycles. The number of hydrogen-bond donors (Lipinski definition) is 2. The molecule has 0 spiro atoms. The molecule has 0 bridgehead atoms. The molecule has 8 nitrogen and oxygen atoms in total. The fraction of sp³-hybridized carbons (Fsp3) is 0.429. The Balaban J connectivity index is 2.31. The molecule has 0 fully saturated rings. The van der Waals surface area contributed by atoms with Crippen molar-refractivity contribution in [2.75, 3.05) is 18.1 Å². The number of ether oxygens (including phenoxy) is 1. The van der Waals surface area contributed by atoms with Gasteiger partial charge < -0.3 is 10.1 Å². The average molecular weight is 432 g/mol. The van der Waals surface area contributed by atoms with Crippen LogP contribution in [0.1, 0.15) is 28.9 Å². The molecule has 2 aromatic rings. The van der Waals surface area contributed by atoms with Crippen LogP contribution in [0.15, 0.2) is 17.2 Å². The maximum absolute atomic E-state index is 12.3. The van der Waals surface area contributed by atoms with E-state index in [2.05, 4.69) is 42.7 Å². The summed E-state index contributed by atoms with van der Waals surface area (Å²) in [5.41, 5.74) is 0.526. The number of aromatic nitrogens is 3. The maximum Gasteiger partial charge on any atom is 0.325 e. The first-order valence-corrected chi connectivity index (χ1v) is 8.60. The Bertz CT molecular complexity index is 768. The number of esters is 1. The number of carbonyl (C=O) groups is 2. The zero-order valence-electron chi connectivity index (χ0n) is 12.6. The fourth-order valence-corrected chi connectivity index (χ4v) is 2.71. The number of fused-ring (bicyclic) bond motifs is 1. The summed E-state index contributed by atoms with van der Waals surface area (Å²) in [5.74, 6) is -1.24. The second-order valence-corrected chi connectivity index (χ2v) is 5.90. The Hall–Kier alpha value is -1.91. The number of H-pyrrole nitrogens is 1. The second kappa shape index (κ2) is 8.09. The van der Waals surface area contributed by atoms with Gasteiger partial charge in [0.1, 0.15) is 18.4 Å². The molecule has 0 aliphatic heterocycles. The Morgan fingerprint density at radius 3 is 2.91 bits per heavy atom. The lowest BCUT2D eigenvalue weighted by Gasteiger charge is -2.08. The molecule has 9 heteroatoms. The van der Waals surface area contributed by atoms with E-state index in [9.17, 15) is 14.4 Å². The van der Waals surface area contributed by atoms with Gasteiger partial charge in [0.15, 0.2) is 11.1 Å². The van der Waals surface area contributed by atoms with Crippen molar-refractivity contribution in [3.8, 4) is 0 Å². The van der Waals surface area contributed by atoms with Gasteiger partial charge in [0.05, 0.1) is 7.11 Å². The molecule has 23 heavy (non-hydrogen) atoms. The van der Waals surface area contributed by atoms with Crippen molar-refractivity contribution >= 4 is 40.1 Å². The van der Waals surface area contributed by atoms with Crippen LogP contribution in [0, 0.1) is 0 Å². The summed E-state index contributed by atoms with van der Waals surface area (Å²) < 4.78 is 7.13. The van der Waals surface area contributed by atoms with Crippen molar-refractivity contribution in [3.63, 3.8) is 0 Å². The molecule has 2 heterocycles. The molecule has 0 unspecified atom stereocenters. The highest BCUT2D eigenvalue weighted by Gasteiger charge is 2.19. The summed E-state index contributed by atoms with van der Waals surface area (Å²) in [6, 6.07) is 1.44. The standard InChI is InChI=1S/C14H17IN4O4/c1-23-11(21)7-16-14(22)12-10(20)6-9(4-2-3-5-15)19-13(12)17-8-18-19/h6,8H,2-5,7H2,1H3,(H,16,22)(H,17,18). The van der Waals surface area contributed by atoms with E-state index in [-0.39, 0.29) is 17.8 Å². The molecular weight excluding hydrogens is 415 g/mol. The third-order valence-corrected chi connectivity index (χ3v) is 4.07. The van der Waals surface area contributed by atoms with Crippen LogP contribution in [0.3, 0.4) is 0 Å². The highest BCUT2D eigenvalue weighted by Crippen LogP contribution is 2.10. The lowest BCUT2D eigenvalue weighted by molar-refractivity contribution is -0.139. The Labute approximate surface area is 145 Å². The van der Waals surface area contributed by atoms with Gasteiger partial charge >= 0.3 is 5.97 Å². The molecule has 0 radical (unpaired) electrons. The first-order chi connectivity index (χ1) is 11.1. The lowest BCUT2D eigenvalue weighted by Crippen LogP contribution is -2.34. The predicted molar refractivity (Wildman–Crippen MR) is 92.0 cm³/mol. The van der Waals surface area contributed by atoms with Crippen LogP contribution in [-0.2, 0) is 16.0 Å². The highest BCUT2D eigenvalue weighted by molar-refractivity contribution is 14.1. The Morgan fingerprint density at radius 1 is 1.43 bits per heavy atom. The number of halogens is 1. The molecule has 0 aliphatic carbocycles. The van der Waals surface area contributed by atoms with Gasteiger partial charge in [-0.1, -0.05) is 22.6 Å². The van der Waals surface area contributed by atoms with Crippen molar-refractivity contribution < 1.29 is 14.3 Å². The van der Waals surface area contributed by atoms with Crippen LogP contribution in [-0.4, -0.2) is 44.6 Å². The first kappa shape index (κ1) is 17.4. The van der Waals surface area contributed by atoms with E-state index in [0.29, 0.717) is 6.42 Å². The molecule has 2 N–H and O–H groups in total. The largest absolute Gasteiger partial charge is 0.468 e. The number of rotatable bonds is 7. The number of aryl methyl sites for hydroxylation is 1. The molecule has 0 aliphatic rings. The van der Waals surface area contributed by atoms with Crippen molar-refractivity contribution in [2.24, 2.45) is 0 Å². The highest BCUT2D eigenvalue weighted by atomic mass is 127. The minimum absolute atomic E-state index is 0.0900. The van der Waals surface area contributed by atoms with Crippen molar-refractivity contribution in [1.29, 1.82) is 0 Å². The van der Waals surface area contributed by atoms with Gasteiger partial charge in [0.25, 0.3) is 5.91 Å². The summed E-state index contributed by atoms with van der Waals surface area (Å²) in [6.07, 6.45) is 4.13. The summed E-state index contributed by atoms with van der Waals surface area (Å²) in [4.78, 5) is 39.6. The number of alkyl halides is 1. The molecule has 2 rings (SSSR count). The topological polar surface area (TPSA) is 106 Å². The summed E-state index contributed by atoms with van der Waals surface area (Å²) in [7, 11) is 1.22. The molecule has 0 saturated carbocycles. The average Bonchev–Trinajstić information content (AvgIpc) is 3.01. The smallest absolute Gasteiger partial charge is 0.325 e. The minimum Gasteiger partial charge on any atom is -0.468 e. The number of carbonyl (C=O) groups excluding carboxylic acids is 2. The van der Waals surface area contributed by atoms with Gasteiger partial charge in [0, 0.05) is 11.8 Å². The number of hydrogen-bond acceptors (Lipinski definition) is 5. The number of unbranched alkanes of at least 4 members (excludes halogenated alkanes) is 1. The summed E-state index contributed by atoms with van der Waals surface area (Å²) in [5, 5.41) is 5.27. The molecule has 124 valence electrons.